The predicted octanol–water partition coefficient (Wildman–Crippen LogP) is 1.05. The van der Waals surface area contributed by atoms with Crippen molar-refractivity contribution in [3.63, 3.8) is 0 Å². The second-order valence-electron chi connectivity index (χ2n) is 3.47. The Kier molecular flexibility index (Phi) is 3.09. The van der Waals surface area contributed by atoms with Gasteiger partial charge in [-0.05, 0) is 12.5 Å². The molecule has 1 rings (SSSR count). The van der Waals surface area contributed by atoms with E-state index in [0.29, 0.717) is 5.92 Å². The molecule has 1 heterocycles. The van der Waals surface area contributed by atoms with Crippen LogP contribution in [0.1, 0.15) is 20.3 Å². The smallest absolute Gasteiger partial charge is 0.308 e. The molecule has 1 aliphatic rings. The van der Waals surface area contributed by atoms with Crippen LogP contribution in [0, 0.1) is 11.8 Å². The van der Waals surface area contributed by atoms with Gasteiger partial charge in [0.15, 0.2) is 0 Å². The van der Waals surface area contributed by atoms with Gasteiger partial charge in [0, 0.05) is 13.1 Å². The largest absolute Gasteiger partial charge is 0.481 e. The van der Waals surface area contributed by atoms with Crippen LogP contribution in [0.5, 0.6) is 0 Å². The summed E-state index contributed by atoms with van der Waals surface area (Å²) in [6, 6.07) is 0. The lowest BCUT2D eigenvalue weighted by Crippen LogP contribution is -2.23. The Labute approximate surface area is 73.4 Å². The summed E-state index contributed by atoms with van der Waals surface area (Å²) in [7, 11) is 0. The van der Waals surface area contributed by atoms with E-state index < -0.39 is 5.97 Å². The molecule has 0 aliphatic carbocycles. The molecule has 1 saturated heterocycles. The molecule has 0 amide bonds. The summed E-state index contributed by atoms with van der Waals surface area (Å²) in [5.41, 5.74) is 0. The first-order valence-corrected chi connectivity index (χ1v) is 4.64. The van der Waals surface area contributed by atoms with Crippen molar-refractivity contribution in [2.45, 2.75) is 20.3 Å². The van der Waals surface area contributed by atoms with Crippen LogP contribution < -0.4 is 0 Å². The molecule has 0 aromatic carbocycles. The minimum atomic E-state index is -0.627. The van der Waals surface area contributed by atoms with Crippen molar-refractivity contribution in [1.82, 2.24) is 4.90 Å². The lowest BCUT2D eigenvalue weighted by molar-refractivity contribution is -0.142. The van der Waals surface area contributed by atoms with Gasteiger partial charge in [0.1, 0.15) is 0 Å². The van der Waals surface area contributed by atoms with E-state index in [1.807, 2.05) is 0 Å². The highest BCUT2D eigenvalue weighted by Crippen LogP contribution is 2.25. The van der Waals surface area contributed by atoms with Gasteiger partial charge in [0.2, 0.25) is 0 Å². The van der Waals surface area contributed by atoms with E-state index in [0.717, 1.165) is 26.1 Å². The molecule has 0 bridgehead atoms. The second-order valence-corrected chi connectivity index (χ2v) is 3.47. The molecule has 2 atom stereocenters. The van der Waals surface area contributed by atoms with E-state index in [2.05, 4.69) is 18.7 Å². The number of carboxylic acids is 1. The van der Waals surface area contributed by atoms with Crippen LogP contribution in [0.15, 0.2) is 0 Å². The summed E-state index contributed by atoms with van der Waals surface area (Å²) in [5.74, 6) is -0.393. The van der Waals surface area contributed by atoms with Crippen LogP contribution in [0.4, 0.5) is 0 Å². The number of carbonyl (C=O) groups is 1. The Bertz CT molecular complexity index is 170. The molecule has 0 spiro atoms. The third kappa shape index (κ3) is 1.78. The van der Waals surface area contributed by atoms with E-state index in [1.165, 1.54) is 0 Å². The van der Waals surface area contributed by atoms with Crippen LogP contribution in [-0.2, 0) is 4.79 Å². The van der Waals surface area contributed by atoms with Crippen molar-refractivity contribution in [3.8, 4) is 0 Å². The fourth-order valence-electron chi connectivity index (χ4n) is 1.91. The lowest BCUT2D eigenvalue weighted by Gasteiger charge is -2.10. The molecule has 1 fully saturated rings. The molecule has 0 aromatic rings. The normalized spacial score (nSPS) is 30.8. The highest BCUT2D eigenvalue weighted by atomic mass is 16.4. The molecule has 3 heteroatoms. The van der Waals surface area contributed by atoms with E-state index in [4.69, 9.17) is 5.11 Å². The van der Waals surface area contributed by atoms with Gasteiger partial charge in [-0.3, -0.25) is 4.79 Å². The van der Waals surface area contributed by atoms with Gasteiger partial charge >= 0.3 is 5.97 Å². The van der Waals surface area contributed by atoms with Crippen LogP contribution >= 0.6 is 0 Å². The second kappa shape index (κ2) is 3.90. The maximum absolute atomic E-state index is 10.8. The SMILES string of the molecule is CC[C@H]1CN(CC)C[C@@H]1C(=O)O. The summed E-state index contributed by atoms with van der Waals surface area (Å²) in [6.07, 6.45) is 0.980. The Morgan fingerprint density at radius 1 is 1.50 bits per heavy atom. The van der Waals surface area contributed by atoms with Gasteiger partial charge in [-0.15, -0.1) is 0 Å². The third-order valence-electron chi connectivity index (χ3n) is 2.81. The zero-order valence-electron chi connectivity index (χ0n) is 7.79. The van der Waals surface area contributed by atoms with E-state index >= 15 is 0 Å². The number of hydrogen-bond donors (Lipinski definition) is 1. The first-order chi connectivity index (χ1) is 5.69. The molecule has 0 saturated carbocycles. The van der Waals surface area contributed by atoms with Gasteiger partial charge in [0.25, 0.3) is 0 Å². The van der Waals surface area contributed by atoms with Gasteiger partial charge in [-0.1, -0.05) is 20.3 Å². The third-order valence-corrected chi connectivity index (χ3v) is 2.81. The van der Waals surface area contributed by atoms with Gasteiger partial charge in [-0.2, -0.15) is 0 Å². The molecule has 70 valence electrons. The van der Waals surface area contributed by atoms with Crippen LogP contribution in [-0.4, -0.2) is 35.6 Å². The molecule has 1 aliphatic heterocycles. The number of rotatable bonds is 3. The van der Waals surface area contributed by atoms with Crippen molar-refractivity contribution >= 4 is 5.97 Å². The molecular formula is C9H17NO2. The maximum Gasteiger partial charge on any atom is 0.308 e. The molecule has 0 radical (unpaired) electrons. The summed E-state index contributed by atoms with van der Waals surface area (Å²) in [4.78, 5) is 13.0. The lowest BCUT2D eigenvalue weighted by atomic mass is 9.94. The first kappa shape index (κ1) is 9.52. The van der Waals surface area contributed by atoms with Crippen molar-refractivity contribution in [3.05, 3.63) is 0 Å². The fraction of sp³-hybridized carbons (Fsp3) is 0.889. The standard InChI is InChI=1S/C9H17NO2/c1-3-7-5-10(4-2)6-8(7)9(11)12/h7-8H,3-6H2,1-2H3,(H,11,12)/t7-,8-/m0/s1. The van der Waals surface area contributed by atoms with Crippen molar-refractivity contribution in [2.24, 2.45) is 11.8 Å². The van der Waals surface area contributed by atoms with Crippen LogP contribution in [0.25, 0.3) is 0 Å². The summed E-state index contributed by atoms with van der Waals surface area (Å²) >= 11 is 0. The number of likely N-dealkylation sites (tertiary alicyclic amines) is 1. The van der Waals surface area contributed by atoms with Gasteiger partial charge in [0.05, 0.1) is 5.92 Å². The molecular weight excluding hydrogens is 154 g/mol. The van der Waals surface area contributed by atoms with Crippen molar-refractivity contribution in [2.75, 3.05) is 19.6 Å². The Morgan fingerprint density at radius 3 is 2.50 bits per heavy atom. The number of hydrogen-bond acceptors (Lipinski definition) is 2. The Balaban J connectivity index is 2.56. The number of nitrogens with zero attached hydrogens (tertiary/aromatic N) is 1. The van der Waals surface area contributed by atoms with Crippen molar-refractivity contribution < 1.29 is 9.90 Å². The van der Waals surface area contributed by atoms with Crippen LogP contribution in [0.3, 0.4) is 0 Å². The maximum atomic E-state index is 10.8. The molecule has 1 N–H and O–H groups in total. The average molecular weight is 171 g/mol. The number of carboxylic acid groups (broad SMARTS) is 1. The van der Waals surface area contributed by atoms with Gasteiger partial charge in [-0.25, -0.2) is 0 Å². The van der Waals surface area contributed by atoms with E-state index in [9.17, 15) is 4.79 Å². The van der Waals surface area contributed by atoms with E-state index in [1.54, 1.807) is 0 Å². The zero-order chi connectivity index (χ0) is 9.14. The minimum absolute atomic E-state index is 0.130. The molecule has 0 aromatic heterocycles. The van der Waals surface area contributed by atoms with Gasteiger partial charge < -0.3 is 10.0 Å². The predicted molar refractivity (Wildman–Crippen MR) is 47.0 cm³/mol. The Hall–Kier alpha value is -0.570. The monoisotopic (exact) mass is 171 g/mol. The summed E-state index contributed by atoms with van der Waals surface area (Å²) in [6.45, 7) is 6.82. The highest BCUT2D eigenvalue weighted by Gasteiger charge is 2.35. The van der Waals surface area contributed by atoms with Crippen LogP contribution in [0.2, 0.25) is 0 Å². The number of aliphatic carboxylic acids is 1. The fourth-order valence-corrected chi connectivity index (χ4v) is 1.91. The Morgan fingerprint density at radius 2 is 2.17 bits per heavy atom. The summed E-state index contributed by atoms with van der Waals surface area (Å²) in [5, 5.41) is 8.90. The zero-order valence-corrected chi connectivity index (χ0v) is 7.79. The molecule has 12 heavy (non-hydrogen) atoms. The topological polar surface area (TPSA) is 40.5 Å². The first-order valence-electron chi connectivity index (χ1n) is 4.64. The highest BCUT2D eigenvalue weighted by molar-refractivity contribution is 5.71. The minimum Gasteiger partial charge on any atom is -0.481 e. The van der Waals surface area contributed by atoms with E-state index in [-0.39, 0.29) is 5.92 Å². The summed E-state index contributed by atoms with van der Waals surface area (Å²) < 4.78 is 0. The molecule has 3 nitrogen and oxygen atoms in total. The quantitative estimate of drug-likeness (QED) is 0.690. The molecule has 0 unspecified atom stereocenters. The van der Waals surface area contributed by atoms with Crippen molar-refractivity contribution in [1.29, 1.82) is 0 Å². The average Bonchev–Trinajstić information content (AvgIpc) is 2.47.